The van der Waals surface area contributed by atoms with Crippen LogP contribution in [-0.2, 0) is 9.53 Å². The van der Waals surface area contributed by atoms with Crippen molar-refractivity contribution in [3.8, 4) is 5.75 Å². The molecule has 0 fully saturated rings. The molecule has 0 aliphatic rings. The van der Waals surface area contributed by atoms with Crippen molar-refractivity contribution >= 4 is 29.3 Å². The number of carbonyl (C=O) groups excluding carboxylic acids is 2. The Kier molecular flexibility index (Phi) is 6.24. The molecule has 2 rings (SSSR count). The Morgan fingerprint density at radius 2 is 1.92 bits per heavy atom. The van der Waals surface area contributed by atoms with E-state index in [-0.39, 0.29) is 17.1 Å². The molecule has 0 saturated carbocycles. The lowest BCUT2D eigenvalue weighted by molar-refractivity contribution is -0.123. The highest BCUT2D eigenvalue weighted by Gasteiger charge is 2.22. The molecule has 0 saturated heterocycles. The van der Waals surface area contributed by atoms with Gasteiger partial charge in [0.25, 0.3) is 5.91 Å². The van der Waals surface area contributed by atoms with Crippen molar-refractivity contribution in [2.75, 3.05) is 5.32 Å². The van der Waals surface area contributed by atoms with Gasteiger partial charge in [0, 0.05) is 6.20 Å². The number of rotatable bonds is 6. The summed E-state index contributed by atoms with van der Waals surface area (Å²) >= 11 is 5.69. The molecule has 0 aliphatic carbocycles. The van der Waals surface area contributed by atoms with E-state index in [9.17, 15) is 18.4 Å². The number of halogens is 3. The number of nitrogens with zero attached hydrogens (tertiary/aromatic N) is 1. The summed E-state index contributed by atoms with van der Waals surface area (Å²) in [5, 5.41) is 2.83. The molecule has 25 heavy (non-hydrogen) atoms. The number of anilines is 1. The predicted molar refractivity (Wildman–Crippen MR) is 85.8 cm³/mol. The third kappa shape index (κ3) is 5.39. The maximum absolute atomic E-state index is 12.4. The molecule has 0 radical (unpaired) electrons. The number of benzene rings is 1. The lowest BCUT2D eigenvalue weighted by atomic mass is 10.2. The third-order valence-electron chi connectivity index (χ3n) is 2.95. The average molecular weight is 371 g/mol. The van der Waals surface area contributed by atoms with Gasteiger partial charge in [-0.25, -0.2) is 9.78 Å². The molecule has 1 aromatic heterocycles. The summed E-state index contributed by atoms with van der Waals surface area (Å²) in [5.74, 6) is -1.73. The molecule has 6 nitrogen and oxygen atoms in total. The van der Waals surface area contributed by atoms with Crippen LogP contribution in [0.15, 0.2) is 42.6 Å². The summed E-state index contributed by atoms with van der Waals surface area (Å²) in [5.41, 5.74) is -0.216. The summed E-state index contributed by atoms with van der Waals surface area (Å²) in [4.78, 5) is 28.0. The summed E-state index contributed by atoms with van der Waals surface area (Å²) < 4.78 is 34.0. The summed E-state index contributed by atoms with van der Waals surface area (Å²) in [6, 6.07) is 8.34. The minimum absolute atomic E-state index is 0.216. The largest absolute Gasteiger partial charge is 0.449 e. The standard InChI is InChI=1S/C16H13ClF2N2O4/c1-9(14(22)21-13-7-6-10(17)8-20-13)24-15(23)11-4-2-3-5-12(11)25-16(18)19/h2-9,16H,1H3,(H,20,21,22)/t9-/m0/s1. The van der Waals surface area contributed by atoms with Gasteiger partial charge in [0.05, 0.1) is 5.02 Å². The number of hydrogen-bond acceptors (Lipinski definition) is 5. The van der Waals surface area contributed by atoms with E-state index in [2.05, 4.69) is 15.0 Å². The lowest BCUT2D eigenvalue weighted by Crippen LogP contribution is -2.30. The molecular weight excluding hydrogens is 358 g/mol. The average Bonchev–Trinajstić information content (AvgIpc) is 2.56. The van der Waals surface area contributed by atoms with Crippen molar-refractivity contribution in [1.29, 1.82) is 0 Å². The first kappa shape index (κ1) is 18.6. The molecule has 1 aromatic carbocycles. The van der Waals surface area contributed by atoms with E-state index in [0.717, 1.165) is 0 Å². The normalized spacial score (nSPS) is 11.7. The number of para-hydroxylation sites is 1. The van der Waals surface area contributed by atoms with E-state index >= 15 is 0 Å². The quantitative estimate of drug-likeness (QED) is 0.787. The van der Waals surface area contributed by atoms with E-state index in [4.69, 9.17) is 16.3 Å². The van der Waals surface area contributed by atoms with Gasteiger partial charge in [-0.15, -0.1) is 0 Å². The molecule has 0 aliphatic heterocycles. The first-order valence-electron chi connectivity index (χ1n) is 7.04. The molecule has 1 amide bonds. The molecule has 1 N–H and O–H groups in total. The Labute approximate surface area is 146 Å². The molecule has 0 bridgehead atoms. The third-order valence-corrected chi connectivity index (χ3v) is 3.18. The van der Waals surface area contributed by atoms with Gasteiger partial charge in [-0.1, -0.05) is 23.7 Å². The van der Waals surface area contributed by atoms with Gasteiger partial charge in [-0.3, -0.25) is 4.79 Å². The number of hydrogen-bond donors (Lipinski definition) is 1. The molecule has 0 spiro atoms. The second-order valence-electron chi connectivity index (χ2n) is 4.77. The number of amides is 1. The van der Waals surface area contributed by atoms with Crippen LogP contribution in [0.25, 0.3) is 0 Å². The van der Waals surface area contributed by atoms with Gasteiger partial charge in [0.15, 0.2) is 6.10 Å². The Bertz CT molecular complexity index is 756. The molecule has 1 heterocycles. The van der Waals surface area contributed by atoms with Gasteiger partial charge in [0.1, 0.15) is 17.1 Å². The van der Waals surface area contributed by atoms with Crippen molar-refractivity contribution in [3.63, 3.8) is 0 Å². The van der Waals surface area contributed by atoms with Crippen LogP contribution >= 0.6 is 11.6 Å². The van der Waals surface area contributed by atoms with Crippen LogP contribution in [0.5, 0.6) is 5.75 Å². The Morgan fingerprint density at radius 1 is 1.20 bits per heavy atom. The fourth-order valence-corrected chi connectivity index (χ4v) is 1.90. The maximum atomic E-state index is 12.4. The van der Waals surface area contributed by atoms with Crippen molar-refractivity contribution in [2.24, 2.45) is 0 Å². The molecular formula is C16H13ClF2N2O4. The predicted octanol–water partition coefficient (Wildman–Crippen LogP) is 3.52. The highest BCUT2D eigenvalue weighted by atomic mass is 35.5. The van der Waals surface area contributed by atoms with Crippen LogP contribution in [0.4, 0.5) is 14.6 Å². The number of esters is 1. The number of nitrogens with one attached hydrogen (secondary N) is 1. The summed E-state index contributed by atoms with van der Waals surface area (Å²) in [7, 11) is 0. The first-order valence-corrected chi connectivity index (χ1v) is 7.42. The molecule has 9 heteroatoms. The SMILES string of the molecule is C[C@H](OC(=O)c1ccccc1OC(F)F)C(=O)Nc1ccc(Cl)cn1. The van der Waals surface area contributed by atoms with Crippen molar-refractivity contribution in [3.05, 3.63) is 53.2 Å². The summed E-state index contributed by atoms with van der Waals surface area (Å²) in [6.07, 6.45) is 0.149. The smallest absolute Gasteiger partial charge is 0.387 e. The van der Waals surface area contributed by atoms with Gasteiger partial charge >= 0.3 is 12.6 Å². The van der Waals surface area contributed by atoms with Crippen LogP contribution in [-0.4, -0.2) is 29.6 Å². The van der Waals surface area contributed by atoms with Gasteiger partial charge in [-0.05, 0) is 31.2 Å². The number of carbonyl (C=O) groups is 2. The number of ether oxygens (including phenoxy) is 2. The number of alkyl halides is 2. The van der Waals surface area contributed by atoms with Crippen LogP contribution in [0, 0.1) is 0 Å². The first-order chi connectivity index (χ1) is 11.9. The highest BCUT2D eigenvalue weighted by molar-refractivity contribution is 6.30. The van der Waals surface area contributed by atoms with Crippen molar-refractivity contribution in [1.82, 2.24) is 4.98 Å². The second-order valence-corrected chi connectivity index (χ2v) is 5.21. The van der Waals surface area contributed by atoms with Gasteiger partial charge < -0.3 is 14.8 Å². The fourth-order valence-electron chi connectivity index (χ4n) is 1.79. The van der Waals surface area contributed by atoms with Gasteiger partial charge in [-0.2, -0.15) is 8.78 Å². The van der Waals surface area contributed by atoms with Crippen LogP contribution in [0.3, 0.4) is 0 Å². The topological polar surface area (TPSA) is 77.5 Å². The molecule has 132 valence electrons. The minimum atomic E-state index is -3.09. The zero-order valence-corrected chi connectivity index (χ0v) is 13.7. The second kappa shape index (κ2) is 8.39. The number of pyridine rings is 1. The van der Waals surface area contributed by atoms with Crippen molar-refractivity contribution < 1.29 is 27.8 Å². The van der Waals surface area contributed by atoms with Crippen LogP contribution < -0.4 is 10.1 Å². The van der Waals surface area contributed by atoms with E-state index in [0.29, 0.717) is 5.02 Å². The monoisotopic (exact) mass is 370 g/mol. The lowest BCUT2D eigenvalue weighted by Gasteiger charge is -2.15. The molecule has 2 aromatic rings. The highest BCUT2D eigenvalue weighted by Crippen LogP contribution is 2.21. The van der Waals surface area contributed by atoms with Crippen molar-refractivity contribution in [2.45, 2.75) is 19.6 Å². The number of aromatic nitrogens is 1. The van der Waals surface area contributed by atoms with Crippen LogP contribution in [0.1, 0.15) is 17.3 Å². The minimum Gasteiger partial charge on any atom is -0.449 e. The Morgan fingerprint density at radius 3 is 2.56 bits per heavy atom. The molecule has 1 atom stereocenters. The summed E-state index contributed by atoms with van der Waals surface area (Å²) in [6.45, 7) is -1.76. The van der Waals surface area contributed by atoms with Gasteiger partial charge in [0.2, 0.25) is 0 Å². The van der Waals surface area contributed by atoms with E-state index < -0.39 is 24.6 Å². The van der Waals surface area contributed by atoms with E-state index in [1.807, 2.05) is 0 Å². The van der Waals surface area contributed by atoms with E-state index in [1.54, 1.807) is 0 Å². The fraction of sp³-hybridized carbons (Fsp3) is 0.188. The zero-order valence-electron chi connectivity index (χ0n) is 12.9. The maximum Gasteiger partial charge on any atom is 0.387 e. The molecule has 0 unspecified atom stereocenters. The Balaban J connectivity index is 2.02. The van der Waals surface area contributed by atoms with E-state index in [1.165, 1.54) is 49.5 Å². The van der Waals surface area contributed by atoms with Crippen LogP contribution in [0.2, 0.25) is 5.02 Å². The zero-order chi connectivity index (χ0) is 18.4. The Hall–Kier alpha value is -2.74.